The van der Waals surface area contributed by atoms with Crippen LogP contribution in [-0.2, 0) is 13.2 Å². The van der Waals surface area contributed by atoms with Crippen LogP contribution in [0.2, 0.25) is 0 Å². The lowest BCUT2D eigenvalue weighted by atomic mass is 10.2. The number of aromatic nitrogens is 5. The third kappa shape index (κ3) is 1.87. The zero-order valence-electron chi connectivity index (χ0n) is 10.2. The predicted octanol–water partition coefficient (Wildman–Crippen LogP) is 1.96. The van der Waals surface area contributed by atoms with E-state index in [9.17, 15) is 13.2 Å². The van der Waals surface area contributed by atoms with Crippen LogP contribution in [0.5, 0.6) is 0 Å². The molecule has 6 nitrogen and oxygen atoms in total. The summed E-state index contributed by atoms with van der Waals surface area (Å²) < 4.78 is 39.6. The highest BCUT2D eigenvalue weighted by Crippen LogP contribution is 2.32. The number of nitrogens with zero attached hydrogens (tertiary/aromatic N) is 4. The van der Waals surface area contributed by atoms with E-state index in [2.05, 4.69) is 20.2 Å². The number of alkyl halides is 3. The number of nitrogen functional groups attached to an aromatic ring is 1. The Bertz CT molecular complexity index is 785. The van der Waals surface area contributed by atoms with Crippen molar-refractivity contribution in [1.29, 1.82) is 0 Å². The number of halogens is 3. The Hall–Kier alpha value is -2.58. The second-order valence-electron chi connectivity index (χ2n) is 4.24. The molecule has 104 valence electrons. The molecular weight excluding hydrogens is 273 g/mol. The molecule has 1 aromatic carbocycles. The van der Waals surface area contributed by atoms with Gasteiger partial charge in [-0.2, -0.15) is 18.2 Å². The lowest BCUT2D eigenvalue weighted by molar-refractivity contribution is -0.137. The number of fused-ring (bicyclic) bond motifs is 1. The lowest BCUT2D eigenvalue weighted by Gasteiger charge is -2.05. The summed E-state index contributed by atoms with van der Waals surface area (Å²) in [6.45, 7) is 0. The number of nitrogens with one attached hydrogen (secondary N) is 1. The fourth-order valence-electron chi connectivity index (χ4n) is 1.96. The minimum Gasteiger partial charge on any atom is -0.366 e. The van der Waals surface area contributed by atoms with Crippen molar-refractivity contribution < 1.29 is 13.2 Å². The molecule has 0 amide bonds. The van der Waals surface area contributed by atoms with E-state index >= 15 is 0 Å². The van der Waals surface area contributed by atoms with E-state index in [0.29, 0.717) is 17.2 Å². The monoisotopic (exact) mass is 282 g/mol. The second kappa shape index (κ2) is 3.95. The molecule has 9 heteroatoms. The standard InChI is InChI=1S/C11H9F3N6/c1-20-7-3-2-5(11(12,13)14)4-6(7)16-9(20)8-17-10(15)19-18-8/h2-4H,1H3,(H3,15,17,18,19). The second-order valence-corrected chi connectivity index (χ2v) is 4.24. The van der Waals surface area contributed by atoms with Crippen LogP contribution in [0.1, 0.15) is 5.56 Å². The molecule has 0 saturated carbocycles. The van der Waals surface area contributed by atoms with Crippen LogP contribution in [-0.4, -0.2) is 24.7 Å². The Balaban J connectivity index is 2.19. The summed E-state index contributed by atoms with van der Waals surface area (Å²) in [7, 11) is 1.68. The number of hydrogen-bond donors (Lipinski definition) is 2. The number of aryl methyl sites for hydroxylation is 1. The predicted molar refractivity (Wildman–Crippen MR) is 65.5 cm³/mol. The Kier molecular flexibility index (Phi) is 2.46. The van der Waals surface area contributed by atoms with E-state index in [4.69, 9.17) is 5.73 Å². The van der Waals surface area contributed by atoms with Gasteiger partial charge in [0.15, 0.2) is 11.6 Å². The van der Waals surface area contributed by atoms with Gasteiger partial charge in [-0.3, -0.25) is 5.10 Å². The van der Waals surface area contributed by atoms with Gasteiger partial charge < -0.3 is 10.3 Å². The molecule has 0 spiro atoms. The summed E-state index contributed by atoms with van der Waals surface area (Å²) in [6, 6.07) is 3.38. The fourth-order valence-corrected chi connectivity index (χ4v) is 1.96. The minimum absolute atomic E-state index is 0.0445. The first-order valence-electron chi connectivity index (χ1n) is 5.58. The number of rotatable bonds is 1. The zero-order valence-corrected chi connectivity index (χ0v) is 10.2. The smallest absolute Gasteiger partial charge is 0.366 e. The molecule has 0 atom stereocenters. The Morgan fingerprint density at radius 2 is 2.00 bits per heavy atom. The van der Waals surface area contributed by atoms with Gasteiger partial charge in [0.25, 0.3) is 0 Å². The first-order chi connectivity index (χ1) is 9.36. The molecule has 3 N–H and O–H groups in total. The topological polar surface area (TPSA) is 85.4 Å². The van der Waals surface area contributed by atoms with Crippen molar-refractivity contribution in [3.05, 3.63) is 23.8 Å². The summed E-state index contributed by atoms with van der Waals surface area (Å²) in [5.41, 5.74) is 5.45. The van der Waals surface area contributed by atoms with Crippen molar-refractivity contribution in [3.63, 3.8) is 0 Å². The number of imidazole rings is 1. The van der Waals surface area contributed by atoms with Crippen molar-refractivity contribution in [2.24, 2.45) is 7.05 Å². The number of nitrogens with two attached hydrogens (primary N) is 1. The summed E-state index contributed by atoms with van der Waals surface area (Å²) in [5, 5.41) is 6.25. The molecule has 0 aliphatic carbocycles. The largest absolute Gasteiger partial charge is 0.416 e. The minimum atomic E-state index is -4.40. The lowest BCUT2D eigenvalue weighted by Crippen LogP contribution is -2.04. The van der Waals surface area contributed by atoms with E-state index in [1.807, 2.05) is 0 Å². The molecule has 0 saturated heterocycles. The molecule has 0 bridgehead atoms. The van der Waals surface area contributed by atoms with Crippen molar-refractivity contribution in [2.45, 2.75) is 6.18 Å². The molecule has 2 heterocycles. The van der Waals surface area contributed by atoms with Gasteiger partial charge in [0.1, 0.15) is 0 Å². The molecule has 0 fully saturated rings. The Morgan fingerprint density at radius 3 is 2.60 bits per heavy atom. The van der Waals surface area contributed by atoms with Crippen LogP contribution in [0.15, 0.2) is 18.2 Å². The summed E-state index contributed by atoms with van der Waals surface area (Å²) >= 11 is 0. The zero-order chi connectivity index (χ0) is 14.5. The van der Waals surface area contributed by atoms with Gasteiger partial charge in [0.05, 0.1) is 16.6 Å². The molecule has 20 heavy (non-hydrogen) atoms. The highest BCUT2D eigenvalue weighted by Gasteiger charge is 2.31. The molecule has 0 aliphatic rings. The highest BCUT2D eigenvalue weighted by atomic mass is 19.4. The SMILES string of the molecule is Cn1c(-c2nc(N)n[nH]2)nc2cc(C(F)(F)F)ccc21. The Labute approximate surface area is 110 Å². The average molecular weight is 282 g/mol. The normalized spacial score (nSPS) is 12.2. The van der Waals surface area contributed by atoms with Gasteiger partial charge in [-0.25, -0.2) is 4.98 Å². The van der Waals surface area contributed by atoms with Crippen molar-refractivity contribution in [1.82, 2.24) is 24.7 Å². The van der Waals surface area contributed by atoms with Crippen LogP contribution >= 0.6 is 0 Å². The average Bonchev–Trinajstić information content (AvgIpc) is 2.92. The van der Waals surface area contributed by atoms with E-state index in [1.165, 1.54) is 6.07 Å². The van der Waals surface area contributed by atoms with Crippen LogP contribution in [0, 0.1) is 0 Å². The van der Waals surface area contributed by atoms with Gasteiger partial charge in [-0.1, -0.05) is 0 Å². The van der Waals surface area contributed by atoms with E-state index < -0.39 is 11.7 Å². The third-order valence-corrected chi connectivity index (χ3v) is 2.92. The van der Waals surface area contributed by atoms with Gasteiger partial charge in [-0.15, -0.1) is 5.10 Å². The number of hydrogen-bond acceptors (Lipinski definition) is 4. The maximum Gasteiger partial charge on any atom is 0.416 e. The molecular formula is C11H9F3N6. The van der Waals surface area contributed by atoms with E-state index in [1.54, 1.807) is 11.6 Å². The number of H-pyrrole nitrogens is 1. The van der Waals surface area contributed by atoms with Crippen LogP contribution < -0.4 is 5.73 Å². The van der Waals surface area contributed by atoms with Crippen LogP contribution in [0.4, 0.5) is 19.1 Å². The third-order valence-electron chi connectivity index (χ3n) is 2.92. The van der Waals surface area contributed by atoms with E-state index in [0.717, 1.165) is 12.1 Å². The number of aromatic amines is 1. The van der Waals surface area contributed by atoms with Gasteiger partial charge in [-0.05, 0) is 18.2 Å². The summed E-state index contributed by atoms with van der Waals surface area (Å²) in [6.07, 6.45) is -4.40. The molecule has 0 radical (unpaired) electrons. The maximum absolute atomic E-state index is 12.7. The van der Waals surface area contributed by atoms with Crippen molar-refractivity contribution in [3.8, 4) is 11.6 Å². The van der Waals surface area contributed by atoms with Crippen LogP contribution in [0.25, 0.3) is 22.7 Å². The van der Waals surface area contributed by atoms with E-state index in [-0.39, 0.29) is 11.5 Å². The Morgan fingerprint density at radius 1 is 1.25 bits per heavy atom. The summed E-state index contributed by atoms with van der Waals surface area (Å²) in [5.74, 6) is 0.710. The first kappa shape index (κ1) is 12.5. The van der Waals surface area contributed by atoms with Crippen molar-refractivity contribution >= 4 is 17.0 Å². The highest BCUT2D eigenvalue weighted by molar-refractivity contribution is 5.80. The maximum atomic E-state index is 12.7. The molecule has 3 rings (SSSR count). The number of anilines is 1. The summed E-state index contributed by atoms with van der Waals surface area (Å²) in [4.78, 5) is 8.06. The van der Waals surface area contributed by atoms with Gasteiger partial charge in [0, 0.05) is 7.05 Å². The molecule has 2 aromatic heterocycles. The fraction of sp³-hybridized carbons (Fsp3) is 0.182. The first-order valence-corrected chi connectivity index (χ1v) is 5.58. The molecule has 0 aliphatic heterocycles. The quantitative estimate of drug-likeness (QED) is 0.714. The number of benzene rings is 1. The van der Waals surface area contributed by atoms with Crippen LogP contribution in [0.3, 0.4) is 0 Å². The molecule has 3 aromatic rings. The van der Waals surface area contributed by atoms with Gasteiger partial charge >= 0.3 is 6.18 Å². The molecule has 0 unspecified atom stereocenters. The van der Waals surface area contributed by atoms with Crippen molar-refractivity contribution in [2.75, 3.05) is 5.73 Å². The van der Waals surface area contributed by atoms with Gasteiger partial charge in [0.2, 0.25) is 5.95 Å².